The SMILES string of the molecule is CCc1cc(Oc2nccc(CN)c2F)ccc1Cl. The van der Waals surface area contributed by atoms with E-state index in [4.69, 9.17) is 22.1 Å². The maximum absolute atomic E-state index is 13.9. The van der Waals surface area contributed by atoms with Crippen LogP contribution in [0.25, 0.3) is 0 Å². The van der Waals surface area contributed by atoms with E-state index >= 15 is 0 Å². The quantitative estimate of drug-likeness (QED) is 0.929. The maximum Gasteiger partial charge on any atom is 0.256 e. The second-order valence-electron chi connectivity index (χ2n) is 4.00. The molecule has 2 N–H and O–H groups in total. The lowest BCUT2D eigenvalue weighted by atomic mass is 10.1. The summed E-state index contributed by atoms with van der Waals surface area (Å²) >= 11 is 6.02. The van der Waals surface area contributed by atoms with Crippen LogP contribution in [-0.4, -0.2) is 4.98 Å². The van der Waals surface area contributed by atoms with Crippen molar-refractivity contribution < 1.29 is 9.13 Å². The number of ether oxygens (including phenoxy) is 1. The fourth-order valence-electron chi connectivity index (χ4n) is 1.69. The van der Waals surface area contributed by atoms with Gasteiger partial charge in [0.15, 0.2) is 5.82 Å². The van der Waals surface area contributed by atoms with Gasteiger partial charge in [-0.25, -0.2) is 9.37 Å². The molecule has 1 aromatic heterocycles. The summed E-state index contributed by atoms with van der Waals surface area (Å²) in [5, 5.41) is 0.666. The molecule has 100 valence electrons. The van der Waals surface area contributed by atoms with Gasteiger partial charge in [-0.1, -0.05) is 18.5 Å². The van der Waals surface area contributed by atoms with Gasteiger partial charge in [0.1, 0.15) is 5.75 Å². The summed E-state index contributed by atoms with van der Waals surface area (Å²) in [6.45, 7) is 2.09. The second-order valence-corrected chi connectivity index (χ2v) is 4.41. The first-order valence-electron chi connectivity index (χ1n) is 5.95. The Morgan fingerprint density at radius 2 is 2.11 bits per heavy atom. The van der Waals surface area contributed by atoms with Crippen LogP contribution in [0.3, 0.4) is 0 Å². The molecule has 0 aliphatic rings. The molecule has 5 heteroatoms. The number of halogens is 2. The van der Waals surface area contributed by atoms with Crippen LogP contribution in [0.2, 0.25) is 5.02 Å². The standard InChI is InChI=1S/C14H14ClFN2O/c1-2-9-7-11(3-4-12(9)15)19-14-13(16)10(8-17)5-6-18-14/h3-7H,2,8,17H2,1H3. The summed E-state index contributed by atoms with van der Waals surface area (Å²) in [5.41, 5.74) is 6.75. The molecular weight excluding hydrogens is 267 g/mol. The topological polar surface area (TPSA) is 48.1 Å². The number of hydrogen-bond donors (Lipinski definition) is 1. The summed E-state index contributed by atoms with van der Waals surface area (Å²) in [5.74, 6) is -0.104. The third-order valence-electron chi connectivity index (χ3n) is 2.77. The molecule has 0 amide bonds. The van der Waals surface area contributed by atoms with Crippen molar-refractivity contribution in [3.05, 3.63) is 52.4 Å². The van der Waals surface area contributed by atoms with Gasteiger partial charge in [0.2, 0.25) is 0 Å². The van der Waals surface area contributed by atoms with Crippen molar-refractivity contribution in [2.75, 3.05) is 0 Å². The van der Waals surface area contributed by atoms with Crippen molar-refractivity contribution in [3.63, 3.8) is 0 Å². The highest BCUT2D eigenvalue weighted by Gasteiger charge is 2.11. The van der Waals surface area contributed by atoms with Gasteiger partial charge in [-0.15, -0.1) is 0 Å². The maximum atomic E-state index is 13.9. The van der Waals surface area contributed by atoms with Crippen LogP contribution in [0.15, 0.2) is 30.5 Å². The van der Waals surface area contributed by atoms with Crippen molar-refractivity contribution in [2.24, 2.45) is 5.73 Å². The van der Waals surface area contributed by atoms with E-state index in [1.54, 1.807) is 18.2 Å². The smallest absolute Gasteiger partial charge is 0.256 e. The van der Waals surface area contributed by atoms with E-state index < -0.39 is 5.82 Å². The molecule has 0 saturated carbocycles. The Balaban J connectivity index is 2.31. The monoisotopic (exact) mass is 280 g/mol. The van der Waals surface area contributed by atoms with Crippen LogP contribution < -0.4 is 10.5 Å². The number of hydrogen-bond acceptors (Lipinski definition) is 3. The first-order valence-corrected chi connectivity index (χ1v) is 6.33. The minimum Gasteiger partial charge on any atom is -0.436 e. The predicted molar refractivity (Wildman–Crippen MR) is 73.0 cm³/mol. The van der Waals surface area contributed by atoms with E-state index in [1.165, 1.54) is 12.3 Å². The molecule has 0 saturated heterocycles. The lowest BCUT2D eigenvalue weighted by Crippen LogP contribution is -2.02. The van der Waals surface area contributed by atoms with E-state index in [-0.39, 0.29) is 12.4 Å². The zero-order valence-electron chi connectivity index (χ0n) is 10.5. The minimum atomic E-state index is -0.530. The number of rotatable bonds is 4. The predicted octanol–water partition coefficient (Wildman–Crippen LogP) is 3.69. The van der Waals surface area contributed by atoms with Gasteiger partial charge in [0, 0.05) is 23.3 Å². The van der Waals surface area contributed by atoms with Gasteiger partial charge in [-0.2, -0.15) is 0 Å². The fourth-order valence-corrected chi connectivity index (χ4v) is 1.94. The molecule has 0 bridgehead atoms. The Bertz CT molecular complexity index is 590. The highest BCUT2D eigenvalue weighted by molar-refractivity contribution is 6.31. The van der Waals surface area contributed by atoms with Crippen LogP contribution in [-0.2, 0) is 13.0 Å². The molecule has 1 heterocycles. The average Bonchev–Trinajstić information content (AvgIpc) is 2.43. The van der Waals surface area contributed by atoms with Crippen molar-refractivity contribution in [3.8, 4) is 11.6 Å². The number of aryl methyl sites for hydroxylation is 1. The van der Waals surface area contributed by atoms with E-state index in [9.17, 15) is 4.39 Å². The van der Waals surface area contributed by atoms with E-state index in [0.717, 1.165) is 12.0 Å². The lowest BCUT2D eigenvalue weighted by Gasteiger charge is -2.09. The number of nitrogens with zero attached hydrogens (tertiary/aromatic N) is 1. The highest BCUT2D eigenvalue weighted by atomic mass is 35.5. The van der Waals surface area contributed by atoms with Crippen molar-refractivity contribution in [1.82, 2.24) is 4.98 Å². The van der Waals surface area contributed by atoms with Crippen molar-refractivity contribution >= 4 is 11.6 Å². The number of pyridine rings is 1. The summed E-state index contributed by atoms with van der Waals surface area (Å²) < 4.78 is 19.4. The molecule has 0 aliphatic carbocycles. The van der Waals surface area contributed by atoms with Gasteiger partial charge in [0.25, 0.3) is 5.88 Å². The summed E-state index contributed by atoms with van der Waals surface area (Å²) in [6.07, 6.45) is 2.24. The van der Waals surface area contributed by atoms with Gasteiger partial charge in [-0.3, -0.25) is 0 Å². The van der Waals surface area contributed by atoms with Gasteiger partial charge >= 0.3 is 0 Å². The largest absolute Gasteiger partial charge is 0.436 e. The Kier molecular flexibility index (Phi) is 4.35. The molecule has 3 nitrogen and oxygen atoms in total. The van der Waals surface area contributed by atoms with Gasteiger partial charge in [0.05, 0.1) is 0 Å². The van der Waals surface area contributed by atoms with Crippen LogP contribution in [0.4, 0.5) is 4.39 Å². The molecule has 0 aliphatic heterocycles. The highest BCUT2D eigenvalue weighted by Crippen LogP contribution is 2.27. The Morgan fingerprint density at radius 3 is 2.79 bits per heavy atom. The van der Waals surface area contributed by atoms with Crippen LogP contribution in [0, 0.1) is 5.82 Å². The summed E-state index contributed by atoms with van der Waals surface area (Å²) in [6, 6.07) is 6.71. The van der Waals surface area contributed by atoms with Gasteiger partial charge in [-0.05, 0) is 36.2 Å². The lowest BCUT2D eigenvalue weighted by molar-refractivity contribution is 0.418. The number of nitrogens with two attached hydrogens (primary N) is 1. The van der Waals surface area contributed by atoms with Crippen molar-refractivity contribution in [1.29, 1.82) is 0 Å². The first kappa shape index (κ1) is 13.8. The molecule has 0 atom stereocenters. The number of aromatic nitrogens is 1. The normalized spacial score (nSPS) is 10.5. The van der Waals surface area contributed by atoms with Crippen LogP contribution >= 0.6 is 11.6 Å². The summed E-state index contributed by atoms with van der Waals surface area (Å²) in [4.78, 5) is 3.87. The zero-order valence-corrected chi connectivity index (χ0v) is 11.2. The summed E-state index contributed by atoms with van der Waals surface area (Å²) in [7, 11) is 0. The third-order valence-corrected chi connectivity index (χ3v) is 3.14. The molecule has 19 heavy (non-hydrogen) atoms. The molecule has 0 spiro atoms. The van der Waals surface area contributed by atoms with Gasteiger partial charge < -0.3 is 10.5 Å². The molecule has 2 aromatic rings. The van der Waals surface area contributed by atoms with E-state index in [2.05, 4.69) is 4.98 Å². The first-order chi connectivity index (χ1) is 9.15. The van der Waals surface area contributed by atoms with Crippen LogP contribution in [0.5, 0.6) is 11.6 Å². The van der Waals surface area contributed by atoms with E-state index in [1.807, 2.05) is 6.92 Å². The average molecular weight is 281 g/mol. The minimum absolute atomic E-state index is 0.0766. The third kappa shape index (κ3) is 3.03. The van der Waals surface area contributed by atoms with Crippen molar-refractivity contribution in [2.45, 2.75) is 19.9 Å². The van der Waals surface area contributed by atoms with Crippen LogP contribution in [0.1, 0.15) is 18.1 Å². The molecule has 0 unspecified atom stereocenters. The van der Waals surface area contributed by atoms with E-state index in [0.29, 0.717) is 16.3 Å². The second kappa shape index (κ2) is 5.99. The molecular formula is C14H14ClFN2O. The Labute approximate surface area is 116 Å². The Morgan fingerprint density at radius 1 is 1.32 bits per heavy atom. The molecule has 1 aromatic carbocycles. The fraction of sp³-hybridized carbons (Fsp3) is 0.214. The Hall–Kier alpha value is -1.65. The molecule has 0 fully saturated rings. The molecule has 2 rings (SSSR count). The zero-order chi connectivity index (χ0) is 13.8. The molecule has 0 radical (unpaired) electrons. The number of benzene rings is 1.